The lowest BCUT2D eigenvalue weighted by Crippen LogP contribution is -2.36. The van der Waals surface area contributed by atoms with E-state index in [1.165, 1.54) is 22.6 Å². The van der Waals surface area contributed by atoms with Crippen LogP contribution in [0.3, 0.4) is 0 Å². The summed E-state index contributed by atoms with van der Waals surface area (Å²) in [6, 6.07) is 4.69. The second-order valence-corrected chi connectivity index (χ2v) is 6.12. The van der Waals surface area contributed by atoms with Gasteiger partial charge in [-0.15, -0.1) is 11.3 Å². The molecule has 1 aliphatic carbocycles. The molecule has 1 aromatic rings. The Morgan fingerprint density at radius 3 is 2.71 bits per heavy atom. The lowest BCUT2D eigenvalue weighted by atomic mass is 10.2. The van der Waals surface area contributed by atoms with E-state index in [9.17, 15) is 4.79 Å². The number of hydrogen-bond acceptors (Lipinski definition) is 3. The van der Waals surface area contributed by atoms with Crippen LogP contribution in [0.25, 0.3) is 0 Å². The minimum Gasteiger partial charge on any atom is -0.480 e. The van der Waals surface area contributed by atoms with Gasteiger partial charge in [-0.2, -0.15) is 0 Å². The smallest absolute Gasteiger partial charge is 0.317 e. The van der Waals surface area contributed by atoms with E-state index >= 15 is 0 Å². The first-order valence-corrected chi connectivity index (χ1v) is 6.98. The van der Waals surface area contributed by atoms with Gasteiger partial charge in [-0.1, -0.05) is 12.8 Å². The fourth-order valence-corrected chi connectivity index (χ4v) is 3.44. The maximum atomic E-state index is 10.9. The first-order valence-electron chi connectivity index (χ1n) is 6.16. The molecular formula is C13H19NO2S. The zero-order valence-corrected chi connectivity index (χ0v) is 11.0. The Hall–Kier alpha value is -0.870. The third kappa shape index (κ3) is 3.54. The number of carbonyl (C=O) groups is 1. The summed E-state index contributed by atoms with van der Waals surface area (Å²) in [6.07, 6.45) is 4.78. The molecule has 1 fully saturated rings. The van der Waals surface area contributed by atoms with Crippen LogP contribution in [-0.2, 0) is 11.3 Å². The van der Waals surface area contributed by atoms with Gasteiger partial charge in [0.2, 0.25) is 0 Å². The number of aryl methyl sites for hydroxylation is 1. The van der Waals surface area contributed by atoms with Crippen molar-refractivity contribution in [3.63, 3.8) is 0 Å². The van der Waals surface area contributed by atoms with Crippen LogP contribution in [-0.4, -0.2) is 28.6 Å². The van der Waals surface area contributed by atoms with E-state index in [0.29, 0.717) is 6.04 Å². The van der Waals surface area contributed by atoms with Crippen LogP contribution in [0.1, 0.15) is 35.4 Å². The maximum absolute atomic E-state index is 10.9. The Labute approximate surface area is 106 Å². The number of carboxylic acid groups (broad SMARTS) is 1. The summed E-state index contributed by atoms with van der Waals surface area (Å²) in [4.78, 5) is 15.6. The van der Waals surface area contributed by atoms with Crippen LogP contribution in [0.2, 0.25) is 0 Å². The van der Waals surface area contributed by atoms with Crippen molar-refractivity contribution in [3.8, 4) is 0 Å². The molecular weight excluding hydrogens is 234 g/mol. The molecule has 4 heteroatoms. The molecule has 0 bridgehead atoms. The van der Waals surface area contributed by atoms with E-state index < -0.39 is 5.97 Å². The third-order valence-electron chi connectivity index (χ3n) is 3.33. The normalized spacial score (nSPS) is 16.8. The van der Waals surface area contributed by atoms with Crippen molar-refractivity contribution in [2.45, 2.75) is 45.2 Å². The zero-order valence-electron chi connectivity index (χ0n) is 10.2. The van der Waals surface area contributed by atoms with E-state index in [1.54, 1.807) is 11.3 Å². The first kappa shape index (κ1) is 12.6. The van der Waals surface area contributed by atoms with Crippen molar-refractivity contribution < 1.29 is 9.90 Å². The fraction of sp³-hybridized carbons (Fsp3) is 0.615. The molecule has 0 amide bonds. The van der Waals surface area contributed by atoms with Gasteiger partial charge in [-0.25, -0.2) is 0 Å². The highest BCUT2D eigenvalue weighted by atomic mass is 32.1. The fourth-order valence-electron chi connectivity index (χ4n) is 2.53. The Balaban J connectivity index is 2.01. The van der Waals surface area contributed by atoms with Gasteiger partial charge in [0.25, 0.3) is 0 Å². The van der Waals surface area contributed by atoms with E-state index in [1.807, 2.05) is 0 Å². The average molecular weight is 253 g/mol. The Bertz CT molecular complexity index is 383. The molecule has 1 aliphatic rings. The average Bonchev–Trinajstić information content (AvgIpc) is 2.87. The highest BCUT2D eigenvalue weighted by molar-refractivity contribution is 7.11. The minimum atomic E-state index is -0.717. The first-order chi connectivity index (χ1) is 8.15. The van der Waals surface area contributed by atoms with Crippen LogP contribution in [0.5, 0.6) is 0 Å². The third-order valence-corrected chi connectivity index (χ3v) is 4.32. The molecule has 1 heterocycles. The predicted molar refractivity (Wildman–Crippen MR) is 69.4 cm³/mol. The van der Waals surface area contributed by atoms with Gasteiger partial charge in [0.15, 0.2) is 0 Å². The van der Waals surface area contributed by atoms with E-state index in [2.05, 4.69) is 24.0 Å². The van der Waals surface area contributed by atoms with Gasteiger partial charge >= 0.3 is 5.97 Å². The topological polar surface area (TPSA) is 40.5 Å². The van der Waals surface area contributed by atoms with E-state index in [0.717, 1.165) is 19.4 Å². The van der Waals surface area contributed by atoms with Crippen LogP contribution in [0.4, 0.5) is 0 Å². The molecule has 2 rings (SSSR count). The van der Waals surface area contributed by atoms with Gasteiger partial charge in [0, 0.05) is 22.3 Å². The van der Waals surface area contributed by atoms with Crippen LogP contribution < -0.4 is 0 Å². The SMILES string of the molecule is Cc1ccc(CN(CC(=O)O)C2CCCC2)s1. The number of thiophene rings is 1. The Morgan fingerprint density at radius 2 is 2.18 bits per heavy atom. The van der Waals surface area contributed by atoms with Gasteiger partial charge < -0.3 is 5.11 Å². The monoisotopic (exact) mass is 253 g/mol. The summed E-state index contributed by atoms with van der Waals surface area (Å²) in [5, 5.41) is 8.99. The van der Waals surface area contributed by atoms with Crippen molar-refractivity contribution in [1.29, 1.82) is 0 Å². The number of nitrogens with zero attached hydrogens (tertiary/aromatic N) is 1. The van der Waals surface area contributed by atoms with Crippen molar-refractivity contribution in [3.05, 3.63) is 21.9 Å². The van der Waals surface area contributed by atoms with E-state index in [4.69, 9.17) is 5.11 Å². The second kappa shape index (κ2) is 5.65. The summed E-state index contributed by atoms with van der Waals surface area (Å²) in [7, 11) is 0. The van der Waals surface area contributed by atoms with Crippen LogP contribution in [0, 0.1) is 6.92 Å². The Kier molecular flexibility index (Phi) is 4.18. The molecule has 0 radical (unpaired) electrons. The molecule has 1 aromatic heterocycles. The van der Waals surface area contributed by atoms with Crippen LogP contribution in [0.15, 0.2) is 12.1 Å². The molecule has 3 nitrogen and oxygen atoms in total. The van der Waals surface area contributed by atoms with Gasteiger partial charge in [0.1, 0.15) is 0 Å². The van der Waals surface area contributed by atoms with E-state index in [-0.39, 0.29) is 6.54 Å². The van der Waals surface area contributed by atoms with Crippen molar-refractivity contribution >= 4 is 17.3 Å². The van der Waals surface area contributed by atoms with Gasteiger partial charge in [-0.05, 0) is 31.9 Å². The maximum Gasteiger partial charge on any atom is 0.317 e. The van der Waals surface area contributed by atoms with Crippen molar-refractivity contribution in [2.75, 3.05) is 6.54 Å². The summed E-state index contributed by atoms with van der Waals surface area (Å²) in [5.41, 5.74) is 0. The molecule has 1 saturated carbocycles. The summed E-state index contributed by atoms with van der Waals surface area (Å²) in [5.74, 6) is -0.717. The molecule has 0 aromatic carbocycles. The molecule has 1 N–H and O–H groups in total. The lowest BCUT2D eigenvalue weighted by molar-refractivity contribution is -0.139. The minimum absolute atomic E-state index is 0.168. The quantitative estimate of drug-likeness (QED) is 0.877. The highest BCUT2D eigenvalue weighted by Crippen LogP contribution is 2.26. The number of carboxylic acids is 1. The lowest BCUT2D eigenvalue weighted by Gasteiger charge is -2.26. The highest BCUT2D eigenvalue weighted by Gasteiger charge is 2.24. The Morgan fingerprint density at radius 1 is 1.47 bits per heavy atom. The molecule has 0 spiro atoms. The summed E-state index contributed by atoms with van der Waals surface area (Å²) >= 11 is 1.77. The van der Waals surface area contributed by atoms with Crippen LogP contribution >= 0.6 is 11.3 Å². The number of hydrogen-bond donors (Lipinski definition) is 1. The zero-order chi connectivity index (χ0) is 12.3. The largest absolute Gasteiger partial charge is 0.480 e. The summed E-state index contributed by atoms with van der Waals surface area (Å²) in [6.45, 7) is 3.04. The molecule has 0 unspecified atom stereocenters. The molecule has 0 atom stereocenters. The molecule has 94 valence electrons. The second-order valence-electron chi connectivity index (χ2n) is 4.75. The molecule has 17 heavy (non-hydrogen) atoms. The van der Waals surface area contributed by atoms with Gasteiger partial charge in [-0.3, -0.25) is 9.69 Å². The summed E-state index contributed by atoms with van der Waals surface area (Å²) < 4.78 is 0. The van der Waals surface area contributed by atoms with Crippen molar-refractivity contribution in [2.24, 2.45) is 0 Å². The van der Waals surface area contributed by atoms with Gasteiger partial charge in [0.05, 0.1) is 6.54 Å². The van der Waals surface area contributed by atoms with Crippen molar-refractivity contribution in [1.82, 2.24) is 4.90 Å². The predicted octanol–water partition coefficient (Wildman–Crippen LogP) is 2.89. The molecule has 0 saturated heterocycles. The number of aliphatic carboxylic acids is 1. The number of rotatable bonds is 5. The standard InChI is InChI=1S/C13H19NO2S/c1-10-6-7-12(17-10)8-14(9-13(15)16)11-4-2-3-5-11/h6-7,11H,2-5,8-9H2,1H3,(H,15,16). The molecule has 0 aliphatic heterocycles.